The molecule has 0 aliphatic carbocycles. The second kappa shape index (κ2) is 4.09. The molecule has 0 atom stereocenters. The third-order valence-corrected chi connectivity index (χ3v) is 3.73. The zero-order valence-electron chi connectivity index (χ0n) is 10.5. The van der Waals surface area contributed by atoms with Gasteiger partial charge < -0.3 is 9.67 Å². The summed E-state index contributed by atoms with van der Waals surface area (Å²) >= 11 is 3.48. The van der Waals surface area contributed by atoms with Crippen molar-refractivity contribution in [2.24, 2.45) is 7.05 Å². The fourth-order valence-electron chi connectivity index (χ4n) is 2.36. The van der Waals surface area contributed by atoms with Crippen LogP contribution in [0.15, 0.2) is 22.8 Å². The highest BCUT2D eigenvalue weighted by Crippen LogP contribution is 2.25. The molecule has 0 aliphatic rings. The maximum Gasteiger partial charge on any atom is 0.309 e. The molecule has 3 aromatic rings. The SMILES string of the molecule is Cc1cc(Br)cc2c1nc1n(C)c(CC(=O)O)cn21. The number of carboxylic acid groups (broad SMARTS) is 1. The predicted octanol–water partition coefficient (Wildman–Crippen LogP) is 2.52. The van der Waals surface area contributed by atoms with Gasteiger partial charge in [0.25, 0.3) is 0 Å². The summed E-state index contributed by atoms with van der Waals surface area (Å²) in [4.78, 5) is 15.4. The van der Waals surface area contributed by atoms with Crippen molar-refractivity contribution in [2.75, 3.05) is 0 Å². The molecule has 1 aromatic carbocycles. The topological polar surface area (TPSA) is 59.5 Å². The Labute approximate surface area is 117 Å². The first kappa shape index (κ1) is 12.2. The van der Waals surface area contributed by atoms with Crippen molar-refractivity contribution < 1.29 is 9.90 Å². The predicted molar refractivity (Wildman–Crippen MR) is 75.4 cm³/mol. The van der Waals surface area contributed by atoms with E-state index >= 15 is 0 Å². The minimum Gasteiger partial charge on any atom is -0.481 e. The van der Waals surface area contributed by atoms with Crippen LogP contribution < -0.4 is 0 Å². The highest BCUT2D eigenvalue weighted by molar-refractivity contribution is 9.10. The van der Waals surface area contributed by atoms with Gasteiger partial charge in [-0.3, -0.25) is 9.20 Å². The molecule has 0 saturated heterocycles. The maximum atomic E-state index is 10.8. The number of imidazole rings is 2. The Morgan fingerprint density at radius 1 is 1.47 bits per heavy atom. The van der Waals surface area contributed by atoms with Crippen LogP contribution in [0.1, 0.15) is 11.3 Å². The Kier molecular flexibility index (Phi) is 2.63. The normalized spacial score (nSPS) is 11.5. The molecule has 2 heterocycles. The summed E-state index contributed by atoms with van der Waals surface area (Å²) in [5.41, 5.74) is 3.74. The van der Waals surface area contributed by atoms with Crippen LogP contribution in [-0.4, -0.2) is 25.0 Å². The molecule has 0 unspecified atom stereocenters. The minimum atomic E-state index is -0.842. The van der Waals surface area contributed by atoms with Gasteiger partial charge in [0.2, 0.25) is 5.78 Å². The van der Waals surface area contributed by atoms with Crippen molar-refractivity contribution in [1.29, 1.82) is 0 Å². The monoisotopic (exact) mass is 321 g/mol. The number of nitrogens with zero attached hydrogens (tertiary/aromatic N) is 3. The van der Waals surface area contributed by atoms with Crippen LogP contribution >= 0.6 is 15.9 Å². The van der Waals surface area contributed by atoms with E-state index in [-0.39, 0.29) is 6.42 Å². The summed E-state index contributed by atoms with van der Waals surface area (Å²) in [6, 6.07) is 4.01. The largest absolute Gasteiger partial charge is 0.481 e. The molecule has 1 N–H and O–H groups in total. The Balaban J connectivity index is 2.34. The van der Waals surface area contributed by atoms with Gasteiger partial charge in [-0.2, -0.15) is 0 Å². The number of benzene rings is 1. The quantitative estimate of drug-likeness (QED) is 0.789. The molecule has 6 heteroatoms. The first-order valence-corrected chi connectivity index (χ1v) is 6.61. The molecule has 0 radical (unpaired) electrons. The molecular formula is C13H12BrN3O2. The van der Waals surface area contributed by atoms with Crippen LogP contribution in [0, 0.1) is 6.92 Å². The molecule has 0 fully saturated rings. The summed E-state index contributed by atoms with van der Waals surface area (Å²) < 4.78 is 4.75. The first-order chi connectivity index (χ1) is 8.97. The maximum absolute atomic E-state index is 10.8. The summed E-state index contributed by atoms with van der Waals surface area (Å²) in [6.45, 7) is 2.01. The lowest BCUT2D eigenvalue weighted by molar-refractivity contribution is -0.136. The number of rotatable bonds is 2. The van der Waals surface area contributed by atoms with E-state index in [0.717, 1.165) is 32.5 Å². The van der Waals surface area contributed by atoms with Crippen molar-refractivity contribution >= 4 is 38.7 Å². The number of halogens is 1. The Morgan fingerprint density at radius 3 is 2.89 bits per heavy atom. The fourth-order valence-corrected chi connectivity index (χ4v) is 2.92. The van der Waals surface area contributed by atoms with E-state index in [4.69, 9.17) is 5.11 Å². The van der Waals surface area contributed by atoms with Crippen molar-refractivity contribution in [2.45, 2.75) is 13.3 Å². The van der Waals surface area contributed by atoms with Gasteiger partial charge in [0.15, 0.2) is 0 Å². The van der Waals surface area contributed by atoms with Crippen molar-refractivity contribution in [3.8, 4) is 0 Å². The Bertz CT molecular complexity index is 816. The molecule has 0 aliphatic heterocycles. The second-order valence-corrected chi connectivity index (χ2v) is 5.54. The van der Waals surface area contributed by atoms with Gasteiger partial charge in [0, 0.05) is 23.4 Å². The van der Waals surface area contributed by atoms with E-state index < -0.39 is 5.97 Å². The van der Waals surface area contributed by atoms with Gasteiger partial charge in [0.1, 0.15) is 0 Å². The van der Waals surface area contributed by atoms with Gasteiger partial charge in [-0.05, 0) is 24.6 Å². The zero-order chi connectivity index (χ0) is 13.7. The number of aliphatic carboxylic acids is 1. The van der Waals surface area contributed by atoms with E-state index in [1.54, 1.807) is 0 Å². The number of carbonyl (C=O) groups is 1. The minimum absolute atomic E-state index is 0.00562. The molecule has 19 heavy (non-hydrogen) atoms. The van der Waals surface area contributed by atoms with Gasteiger partial charge in [-0.1, -0.05) is 15.9 Å². The average Bonchev–Trinajstić information content (AvgIpc) is 2.79. The van der Waals surface area contributed by atoms with Crippen LogP contribution in [0.3, 0.4) is 0 Å². The van der Waals surface area contributed by atoms with E-state index in [0.29, 0.717) is 0 Å². The second-order valence-electron chi connectivity index (χ2n) is 4.62. The standard InChI is InChI=1S/C13H12BrN3O2/c1-7-3-8(14)4-10-12(7)15-13-16(2)9(5-11(18)19)6-17(10)13/h3-4,6H,5H2,1-2H3,(H,18,19). The smallest absolute Gasteiger partial charge is 0.309 e. The van der Waals surface area contributed by atoms with Gasteiger partial charge in [-0.25, -0.2) is 4.98 Å². The van der Waals surface area contributed by atoms with Crippen LogP contribution in [-0.2, 0) is 18.3 Å². The molecule has 2 aromatic heterocycles. The summed E-state index contributed by atoms with van der Waals surface area (Å²) in [5.74, 6) is -0.0852. The lowest BCUT2D eigenvalue weighted by Crippen LogP contribution is -2.05. The zero-order valence-corrected chi connectivity index (χ0v) is 12.1. The highest BCUT2D eigenvalue weighted by Gasteiger charge is 2.15. The third-order valence-electron chi connectivity index (χ3n) is 3.27. The van der Waals surface area contributed by atoms with Gasteiger partial charge in [0.05, 0.1) is 17.5 Å². The number of aryl methyl sites for hydroxylation is 2. The number of hydrogen-bond donors (Lipinski definition) is 1. The Hall–Kier alpha value is -1.82. The first-order valence-electron chi connectivity index (χ1n) is 5.81. The average molecular weight is 322 g/mol. The lowest BCUT2D eigenvalue weighted by atomic mass is 10.2. The lowest BCUT2D eigenvalue weighted by Gasteiger charge is -1.98. The third kappa shape index (κ3) is 1.83. The summed E-state index contributed by atoms with van der Waals surface area (Å²) in [6.07, 6.45) is 1.83. The summed E-state index contributed by atoms with van der Waals surface area (Å²) in [7, 11) is 1.84. The molecular weight excluding hydrogens is 310 g/mol. The van der Waals surface area contributed by atoms with Crippen molar-refractivity contribution in [3.63, 3.8) is 0 Å². The molecule has 3 rings (SSSR count). The number of carboxylic acids is 1. The fraction of sp³-hybridized carbons (Fsp3) is 0.231. The van der Waals surface area contributed by atoms with E-state index in [1.165, 1.54) is 0 Å². The van der Waals surface area contributed by atoms with Crippen molar-refractivity contribution in [1.82, 2.24) is 14.0 Å². The van der Waals surface area contributed by atoms with E-state index in [9.17, 15) is 4.79 Å². The molecule has 98 valence electrons. The van der Waals surface area contributed by atoms with Gasteiger partial charge in [-0.15, -0.1) is 0 Å². The number of fused-ring (bicyclic) bond motifs is 3. The van der Waals surface area contributed by atoms with Crippen LogP contribution in [0.4, 0.5) is 0 Å². The molecule has 0 spiro atoms. The van der Waals surface area contributed by atoms with Crippen LogP contribution in [0.2, 0.25) is 0 Å². The molecule has 5 nitrogen and oxygen atoms in total. The van der Waals surface area contributed by atoms with E-state index in [1.807, 2.05) is 41.3 Å². The molecule has 0 saturated carbocycles. The molecule has 0 bridgehead atoms. The summed E-state index contributed by atoms with van der Waals surface area (Å²) in [5, 5.41) is 8.91. The van der Waals surface area contributed by atoms with Crippen LogP contribution in [0.5, 0.6) is 0 Å². The van der Waals surface area contributed by atoms with Crippen molar-refractivity contribution in [3.05, 3.63) is 34.1 Å². The van der Waals surface area contributed by atoms with Gasteiger partial charge >= 0.3 is 5.97 Å². The Morgan fingerprint density at radius 2 is 2.21 bits per heavy atom. The van der Waals surface area contributed by atoms with Crippen LogP contribution in [0.25, 0.3) is 16.8 Å². The number of aromatic nitrogens is 3. The highest BCUT2D eigenvalue weighted by atomic mass is 79.9. The number of hydrogen-bond acceptors (Lipinski definition) is 2. The molecule has 0 amide bonds. The van der Waals surface area contributed by atoms with E-state index in [2.05, 4.69) is 20.9 Å².